The van der Waals surface area contributed by atoms with E-state index in [-0.39, 0.29) is 24.1 Å². The van der Waals surface area contributed by atoms with Gasteiger partial charge >= 0.3 is 0 Å². The Hall–Kier alpha value is -1.54. The number of hydrogen-bond acceptors (Lipinski definition) is 4. The second kappa shape index (κ2) is 9.31. The number of benzene rings is 2. The first-order valence-electron chi connectivity index (χ1n) is 9.04. The molecular weight excluding hydrogens is 416 g/mol. The van der Waals surface area contributed by atoms with Gasteiger partial charge < -0.3 is 5.32 Å². The lowest BCUT2D eigenvalue weighted by Gasteiger charge is -2.31. The quantitative estimate of drug-likeness (QED) is 0.685. The zero-order valence-corrected chi connectivity index (χ0v) is 18.0. The number of halogens is 1. The molecule has 150 valence electrons. The second-order valence-corrected chi connectivity index (χ2v) is 10.1. The van der Waals surface area contributed by atoms with Crippen LogP contribution in [0, 0.1) is 5.92 Å². The summed E-state index contributed by atoms with van der Waals surface area (Å²) in [5.74, 6) is -0.579. The maximum Gasteiger partial charge on any atom is 0.228 e. The third-order valence-corrected chi connectivity index (χ3v) is 7.54. The van der Waals surface area contributed by atoms with Gasteiger partial charge in [-0.15, -0.1) is 11.8 Å². The molecule has 1 atom stereocenters. The van der Waals surface area contributed by atoms with Crippen molar-refractivity contribution in [1.82, 2.24) is 4.31 Å². The number of rotatable bonds is 6. The smallest absolute Gasteiger partial charge is 0.228 e. The Balaban J connectivity index is 1.65. The van der Waals surface area contributed by atoms with E-state index in [0.717, 1.165) is 10.6 Å². The van der Waals surface area contributed by atoms with Gasteiger partial charge in [0.2, 0.25) is 15.9 Å². The number of nitrogens with zero attached hydrogens (tertiary/aromatic N) is 1. The molecule has 0 aromatic heterocycles. The van der Waals surface area contributed by atoms with Gasteiger partial charge in [0.1, 0.15) is 0 Å². The molecular formula is C20H23ClN2O3S2. The first kappa shape index (κ1) is 21.2. The highest BCUT2D eigenvalue weighted by Crippen LogP contribution is 2.24. The standard InChI is InChI=1S/C20H23ClN2O3S2/c1-27-19-6-2-5-18(12-19)22-20(24)16-4-3-11-23(13-16)28(25,26)14-15-7-9-17(21)10-8-15/h2,5-10,12,16H,3-4,11,13-14H2,1H3,(H,22,24)/t16-/m0/s1. The lowest BCUT2D eigenvalue weighted by molar-refractivity contribution is -0.120. The first-order chi connectivity index (χ1) is 13.4. The monoisotopic (exact) mass is 438 g/mol. The summed E-state index contributed by atoms with van der Waals surface area (Å²) in [6, 6.07) is 14.4. The lowest BCUT2D eigenvalue weighted by atomic mass is 9.99. The molecule has 1 aliphatic heterocycles. The van der Waals surface area contributed by atoms with Gasteiger partial charge in [0.05, 0.1) is 11.7 Å². The van der Waals surface area contributed by atoms with Gasteiger partial charge in [0, 0.05) is 28.7 Å². The number of amides is 1. The molecule has 2 aromatic rings. The number of hydrogen-bond donors (Lipinski definition) is 1. The topological polar surface area (TPSA) is 66.5 Å². The summed E-state index contributed by atoms with van der Waals surface area (Å²) in [7, 11) is -3.49. The highest BCUT2D eigenvalue weighted by atomic mass is 35.5. The largest absolute Gasteiger partial charge is 0.326 e. The molecule has 1 fully saturated rings. The summed E-state index contributed by atoms with van der Waals surface area (Å²) in [5.41, 5.74) is 1.42. The minimum absolute atomic E-state index is 0.0890. The van der Waals surface area contributed by atoms with Crippen molar-refractivity contribution in [2.24, 2.45) is 5.92 Å². The van der Waals surface area contributed by atoms with Crippen LogP contribution in [0.25, 0.3) is 0 Å². The Labute approximate surface area is 175 Å². The summed E-state index contributed by atoms with van der Waals surface area (Å²) >= 11 is 7.47. The molecule has 1 N–H and O–H groups in total. The Morgan fingerprint density at radius 3 is 2.71 bits per heavy atom. The van der Waals surface area contributed by atoms with Crippen LogP contribution in [0.3, 0.4) is 0 Å². The van der Waals surface area contributed by atoms with Crippen molar-refractivity contribution in [2.45, 2.75) is 23.5 Å². The van der Waals surface area contributed by atoms with E-state index in [0.29, 0.717) is 30.0 Å². The van der Waals surface area contributed by atoms with Gasteiger partial charge in [-0.3, -0.25) is 4.79 Å². The summed E-state index contributed by atoms with van der Waals surface area (Å²) in [6.07, 6.45) is 3.33. The number of sulfonamides is 1. The Morgan fingerprint density at radius 1 is 1.25 bits per heavy atom. The van der Waals surface area contributed by atoms with E-state index in [1.54, 1.807) is 36.0 Å². The van der Waals surface area contributed by atoms with Gasteiger partial charge in [-0.05, 0) is 55.0 Å². The van der Waals surface area contributed by atoms with Crippen LogP contribution in [-0.4, -0.2) is 38.0 Å². The van der Waals surface area contributed by atoms with Crippen molar-refractivity contribution in [1.29, 1.82) is 0 Å². The van der Waals surface area contributed by atoms with Crippen molar-refractivity contribution in [2.75, 3.05) is 24.7 Å². The van der Waals surface area contributed by atoms with Crippen LogP contribution in [-0.2, 0) is 20.6 Å². The van der Waals surface area contributed by atoms with E-state index in [1.165, 1.54) is 4.31 Å². The molecule has 0 unspecified atom stereocenters. The molecule has 28 heavy (non-hydrogen) atoms. The molecule has 1 amide bonds. The molecule has 0 aliphatic carbocycles. The number of carbonyl (C=O) groups excluding carboxylic acids is 1. The molecule has 1 heterocycles. The summed E-state index contributed by atoms with van der Waals surface area (Å²) < 4.78 is 27.1. The third kappa shape index (κ3) is 5.50. The number of thioether (sulfide) groups is 1. The maximum atomic E-state index is 12.8. The van der Waals surface area contributed by atoms with Crippen molar-refractivity contribution in [3.63, 3.8) is 0 Å². The molecule has 1 aliphatic rings. The molecule has 2 aromatic carbocycles. The Kier molecular flexibility index (Phi) is 7.04. The highest BCUT2D eigenvalue weighted by Gasteiger charge is 2.32. The SMILES string of the molecule is CSc1cccc(NC(=O)[C@H]2CCCN(S(=O)(=O)Cc3ccc(Cl)cc3)C2)c1. The predicted octanol–water partition coefficient (Wildman–Crippen LogP) is 4.24. The van der Waals surface area contributed by atoms with Gasteiger partial charge in [0.15, 0.2) is 0 Å². The molecule has 5 nitrogen and oxygen atoms in total. The van der Waals surface area contributed by atoms with Crippen molar-refractivity contribution >= 4 is 45.0 Å². The molecule has 0 bridgehead atoms. The third-order valence-electron chi connectivity index (χ3n) is 4.75. The fourth-order valence-electron chi connectivity index (χ4n) is 3.24. The van der Waals surface area contributed by atoms with Gasteiger partial charge in [-0.25, -0.2) is 12.7 Å². The van der Waals surface area contributed by atoms with Gasteiger partial charge in [0.25, 0.3) is 0 Å². The number of anilines is 1. The summed E-state index contributed by atoms with van der Waals surface area (Å²) in [5, 5.41) is 3.50. The van der Waals surface area contributed by atoms with Crippen LogP contribution in [0.15, 0.2) is 53.4 Å². The van der Waals surface area contributed by atoms with Crippen molar-refractivity contribution in [3.05, 3.63) is 59.1 Å². The zero-order valence-electron chi connectivity index (χ0n) is 15.6. The van der Waals surface area contributed by atoms with Crippen LogP contribution in [0.5, 0.6) is 0 Å². The average Bonchev–Trinajstić information content (AvgIpc) is 2.70. The van der Waals surface area contributed by atoms with Crippen LogP contribution >= 0.6 is 23.4 Å². The van der Waals surface area contributed by atoms with Crippen LogP contribution in [0.4, 0.5) is 5.69 Å². The average molecular weight is 439 g/mol. The van der Waals surface area contributed by atoms with Gasteiger partial charge in [-0.1, -0.05) is 29.8 Å². The van der Waals surface area contributed by atoms with E-state index >= 15 is 0 Å². The Morgan fingerprint density at radius 2 is 2.00 bits per heavy atom. The predicted molar refractivity (Wildman–Crippen MR) is 115 cm³/mol. The number of piperidine rings is 1. The zero-order chi connectivity index (χ0) is 20.1. The molecule has 1 saturated heterocycles. The lowest BCUT2D eigenvalue weighted by Crippen LogP contribution is -2.44. The summed E-state index contributed by atoms with van der Waals surface area (Å²) in [4.78, 5) is 13.7. The van der Waals surface area contributed by atoms with Crippen LogP contribution in [0.1, 0.15) is 18.4 Å². The van der Waals surface area contributed by atoms with Gasteiger partial charge in [-0.2, -0.15) is 0 Å². The van der Waals surface area contributed by atoms with Crippen molar-refractivity contribution < 1.29 is 13.2 Å². The van der Waals surface area contributed by atoms with Crippen molar-refractivity contribution in [3.8, 4) is 0 Å². The Bertz CT molecular complexity index is 933. The normalized spacial score (nSPS) is 18.0. The van der Waals surface area contributed by atoms with Crippen LogP contribution in [0.2, 0.25) is 5.02 Å². The fourth-order valence-corrected chi connectivity index (χ4v) is 5.43. The highest BCUT2D eigenvalue weighted by molar-refractivity contribution is 7.98. The number of carbonyl (C=O) groups is 1. The molecule has 0 radical (unpaired) electrons. The maximum absolute atomic E-state index is 12.8. The number of nitrogens with one attached hydrogen (secondary N) is 1. The fraction of sp³-hybridized carbons (Fsp3) is 0.350. The minimum Gasteiger partial charge on any atom is -0.326 e. The minimum atomic E-state index is -3.49. The van der Waals surface area contributed by atoms with E-state index in [2.05, 4.69) is 5.32 Å². The summed E-state index contributed by atoms with van der Waals surface area (Å²) in [6.45, 7) is 0.658. The van der Waals surface area contributed by atoms with E-state index < -0.39 is 10.0 Å². The van der Waals surface area contributed by atoms with E-state index in [9.17, 15) is 13.2 Å². The van der Waals surface area contributed by atoms with E-state index in [4.69, 9.17) is 11.6 Å². The second-order valence-electron chi connectivity index (χ2n) is 6.80. The molecule has 8 heteroatoms. The van der Waals surface area contributed by atoms with E-state index in [1.807, 2.05) is 30.5 Å². The molecule has 3 rings (SSSR count). The molecule has 0 spiro atoms. The first-order valence-corrected chi connectivity index (χ1v) is 12.3. The molecule has 0 saturated carbocycles. The van der Waals surface area contributed by atoms with Crippen LogP contribution < -0.4 is 5.32 Å².